The summed E-state index contributed by atoms with van der Waals surface area (Å²) >= 11 is 0. The Hall–Kier alpha value is -1.43. The molecule has 1 unspecified atom stereocenters. The highest BCUT2D eigenvalue weighted by atomic mass is 15.2. The third-order valence-electron chi connectivity index (χ3n) is 1.41. The molecule has 6 heteroatoms. The van der Waals surface area contributed by atoms with E-state index in [2.05, 4.69) is 20.3 Å². The van der Waals surface area contributed by atoms with Gasteiger partial charge in [0, 0.05) is 6.54 Å². The molecule has 0 saturated carbocycles. The Bertz CT molecular complexity index is 284. The molecule has 1 atom stereocenters. The van der Waals surface area contributed by atoms with Crippen molar-refractivity contribution < 1.29 is 0 Å². The quantitative estimate of drug-likeness (QED) is 0.603. The minimum absolute atomic E-state index is 0.193. The van der Waals surface area contributed by atoms with E-state index < -0.39 is 0 Å². The Morgan fingerprint density at radius 3 is 2.62 bits per heavy atom. The average Bonchev–Trinajstić information content (AvgIpc) is 2.03. The van der Waals surface area contributed by atoms with Gasteiger partial charge in [0.2, 0.25) is 11.9 Å². The maximum absolute atomic E-state index is 5.61. The number of nitrogens with one attached hydrogen (secondary N) is 1. The smallest absolute Gasteiger partial charge is 0.227 e. The van der Waals surface area contributed by atoms with Gasteiger partial charge in [-0.05, 0) is 13.8 Å². The number of nitrogens with two attached hydrogens (primary N) is 2. The first-order valence-electron chi connectivity index (χ1n) is 4.14. The Morgan fingerprint density at radius 2 is 2.08 bits per heavy atom. The minimum Gasteiger partial charge on any atom is -0.368 e. The first kappa shape index (κ1) is 9.66. The summed E-state index contributed by atoms with van der Waals surface area (Å²) in [7, 11) is 0. The van der Waals surface area contributed by atoms with Crippen molar-refractivity contribution in [3.63, 3.8) is 0 Å². The van der Waals surface area contributed by atoms with Crippen LogP contribution in [0.25, 0.3) is 0 Å². The summed E-state index contributed by atoms with van der Waals surface area (Å²) < 4.78 is 0. The maximum atomic E-state index is 5.61. The van der Waals surface area contributed by atoms with E-state index in [9.17, 15) is 0 Å². The molecule has 0 amide bonds. The summed E-state index contributed by atoms with van der Waals surface area (Å²) in [5, 5.41) is 2.95. The topological polar surface area (TPSA) is 103 Å². The number of anilines is 2. The number of nitrogens with zero attached hydrogens (tertiary/aromatic N) is 3. The van der Waals surface area contributed by atoms with E-state index in [4.69, 9.17) is 11.5 Å². The Kier molecular flexibility index (Phi) is 2.97. The molecule has 1 aromatic rings. The van der Waals surface area contributed by atoms with Crippen LogP contribution in [0, 0.1) is 0 Å². The Balaban J connectivity index is 2.96. The number of nitrogen functional groups attached to an aromatic ring is 1. The summed E-state index contributed by atoms with van der Waals surface area (Å²) in [5.74, 6) is 1.17. The highest BCUT2D eigenvalue weighted by Crippen LogP contribution is 2.07. The van der Waals surface area contributed by atoms with E-state index in [1.807, 2.05) is 6.92 Å². The van der Waals surface area contributed by atoms with Crippen LogP contribution in [-0.4, -0.2) is 21.5 Å². The lowest BCUT2D eigenvalue weighted by molar-refractivity contribution is 0.733. The summed E-state index contributed by atoms with van der Waals surface area (Å²) in [6, 6.07) is -0.234. The molecule has 0 aliphatic heterocycles. The highest BCUT2D eigenvalue weighted by molar-refractivity contribution is 5.31. The van der Waals surface area contributed by atoms with Gasteiger partial charge in [-0.2, -0.15) is 15.0 Å². The molecule has 72 valence electrons. The SMILES string of the molecule is CCNc1nc(N)nc(C(C)N)n1. The standard InChI is InChI=1S/C7H14N6/c1-3-10-7-12-5(4(2)8)11-6(9)13-7/h4H,3,8H2,1-2H3,(H3,9,10,11,12,13). The van der Waals surface area contributed by atoms with Gasteiger partial charge in [0.15, 0.2) is 5.82 Å². The lowest BCUT2D eigenvalue weighted by Gasteiger charge is -2.07. The second-order valence-electron chi connectivity index (χ2n) is 2.69. The number of rotatable bonds is 3. The van der Waals surface area contributed by atoms with Crippen LogP contribution in [0.3, 0.4) is 0 Å². The van der Waals surface area contributed by atoms with Crippen LogP contribution in [0.5, 0.6) is 0 Å². The average molecular weight is 182 g/mol. The fourth-order valence-electron chi connectivity index (χ4n) is 0.850. The zero-order valence-corrected chi connectivity index (χ0v) is 7.78. The molecule has 6 nitrogen and oxygen atoms in total. The predicted octanol–water partition coefficient (Wildman–Crippen LogP) is -0.0947. The molecule has 0 spiro atoms. The summed E-state index contributed by atoms with van der Waals surface area (Å²) in [6.07, 6.45) is 0. The third kappa shape index (κ3) is 2.51. The first-order valence-corrected chi connectivity index (χ1v) is 4.14. The van der Waals surface area contributed by atoms with Crippen LogP contribution in [-0.2, 0) is 0 Å². The van der Waals surface area contributed by atoms with Gasteiger partial charge in [-0.15, -0.1) is 0 Å². The zero-order valence-electron chi connectivity index (χ0n) is 7.78. The minimum atomic E-state index is -0.234. The van der Waals surface area contributed by atoms with E-state index >= 15 is 0 Å². The number of aromatic nitrogens is 3. The van der Waals surface area contributed by atoms with Gasteiger partial charge in [0.1, 0.15) is 0 Å². The largest absolute Gasteiger partial charge is 0.368 e. The lowest BCUT2D eigenvalue weighted by atomic mass is 10.3. The molecule has 0 fully saturated rings. The summed E-state index contributed by atoms with van der Waals surface area (Å²) in [6.45, 7) is 4.48. The maximum Gasteiger partial charge on any atom is 0.227 e. The van der Waals surface area contributed by atoms with E-state index in [-0.39, 0.29) is 12.0 Å². The fraction of sp³-hybridized carbons (Fsp3) is 0.571. The van der Waals surface area contributed by atoms with E-state index in [1.165, 1.54) is 0 Å². The molecule has 0 aromatic carbocycles. The molecule has 5 N–H and O–H groups in total. The monoisotopic (exact) mass is 182 g/mol. The molecule has 0 aliphatic carbocycles. The Labute approximate surface area is 76.8 Å². The van der Waals surface area contributed by atoms with Crippen molar-refractivity contribution in [3.8, 4) is 0 Å². The van der Waals surface area contributed by atoms with Gasteiger partial charge in [0.05, 0.1) is 6.04 Å². The molecule has 0 saturated heterocycles. The van der Waals surface area contributed by atoms with E-state index in [1.54, 1.807) is 6.92 Å². The van der Waals surface area contributed by atoms with Crippen LogP contribution >= 0.6 is 0 Å². The normalized spacial score (nSPS) is 12.5. The van der Waals surface area contributed by atoms with Gasteiger partial charge in [-0.3, -0.25) is 0 Å². The molecule has 1 aromatic heterocycles. The zero-order chi connectivity index (χ0) is 9.84. The van der Waals surface area contributed by atoms with Crippen LogP contribution in [0.4, 0.5) is 11.9 Å². The van der Waals surface area contributed by atoms with Crippen molar-refractivity contribution in [1.82, 2.24) is 15.0 Å². The van der Waals surface area contributed by atoms with Gasteiger partial charge < -0.3 is 16.8 Å². The highest BCUT2D eigenvalue weighted by Gasteiger charge is 2.06. The molecule has 0 aliphatic rings. The van der Waals surface area contributed by atoms with E-state index in [0.29, 0.717) is 11.8 Å². The van der Waals surface area contributed by atoms with Crippen LogP contribution in [0.15, 0.2) is 0 Å². The molecule has 1 rings (SSSR count). The lowest BCUT2D eigenvalue weighted by Crippen LogP contribution is -2.15. The van der Waals surface area contributed by atoms with Crippen molar-refractivity contribution in [2.24, 2.45) is 5.73 Å². The van der Waals surface area contributed by atoms with Crippen molar-refractivity contribution in [1.29, 1.82) is 0 Å². The van der Waals surface area contributed by atoms with Crippen molar-refractivity contribution >= 4 is 11.9 Å². The molecule has 13 heavy (non-hydrogen) atoms. The predicted molar refractivity (Wildman–Crippen MR) is 51.0 cm³/mol. The van der Waals surface area contributed by atoms with Crippen LogP contribution < -0.4 is 16.8 Å². The number of hydrogen-bond acceptors (Lipinski definition) is 6. The Morgan fingerprint density at radius 1 is 1.38 bits per heavy atom. The molecule has 0 radical (unpaired) electrons. The first-order chi connectivity index (χ1) is 6.13. The van der Waals surface area contributed by atoms with Gasteiger partial charge >= 0.3 is 0 Å². The molecular weight excluding hydrogens is 168 g/mol. The second-order valence-corrected chi connectivity index (χ2v) is 2.69. The van der Waals surface area contributed by atoms with Gasteiger partial charge in [-0.1, -0.05) is 0 Å². The van der Waals surface area contributed by atoms with Crippen LogP contribution in [0.2, 0.25) is 0 Å². The van der Waals surface area contributed by atoms with Gasteiger partial charge in [0.25, 0.3) is 0 Å². The van der Waals surface area contributed by atoms with Crippen LogP contribution in [0.1, 0.15) is 25.7 Å². The van der Waals surface area contributed by atoms with E-state index in [0.717, 1.165) is 6.54 Å². The third-order valence-corrected chi connectivity index (χ3v) is 1.41. The van der Waals surface area contributed by atoms with Crippen molar-refractivity contribution in [3.05, 3.63) is 5.82 Å². The second kappa shape index (κ2) is 3.99. The molecule has 0 bridgehead atoms. The summed E-state index contributed by atoms with van der Waals surface area (Å²) in [5.41, 5.74) is 11.1. The molecule has 1 heterocycles. The number of hydrogen-bond donors (Lipinski definition) is 3. The fourth-order valence-corrected chi connectivity index (χ4v) is 0.850. The van der Waals surface area contributed by atoms with Crippen molar-refractivity contribution in [2.45, 2.75) is 19.9 Å². The van der Waals surface area contributed by atoms with Crippen molar-refractivity contribution in [2.75, 3.05) is 17.6 Å². The summed E-state index contributed by atoms with van der Waals surface area (Å²) in [4.78, 5) is 11.9. The molecular formula is C7H14N6. The van der Waals surface area contributed by atoms with Gasteiger partial charge in [-0.25, -0.2) is 0 Å².